The van der Waals surface area contributed by atoms with Crippen LogP contribution in [0.25, 0.3) is 0 Å². The van der Waals surface area contributed by atoms with Crippen LogP contribution in [0.15, 0.2) is 12.1 Å². The summed E-state index contributed by atoms with van der Waals surface area (Å²) in [5.41, 5.74) is 5.76. The number of ether oxygens (including phenoxy) is 1. The highest BCUT2D eigenvalue weighted by atomic mass is 35.5. The SMILES string of the molecule is COC(=O)C[C@@H](N)c1ccc(C)c(F)c1F.Cl. The van der Waals surface area contributed by atoms with Crippen LogP contribution in [0.3, 0.4) is 0 Å². The zero-order chi connectivity index (χ0) is 12.3. The van der Waals surface area contributed by atoms with Crippen molar-refractivity contribution in [1.29, 1.82) is 0 Å². The second-order valence-electron chi connectivity index (χ2n) is 3.49. The van der Waals surface area contributed by atoms with Gasteiger partial charge in [-0.1, -0.05) is 12.1 Å². The third kappa shape index (κ3) is 3.64. The van der Waals surface area contributed by atoms with E-state index in [9.17, 15) is 13.6 Å². The van der Waals surface area contributed by atoms with E-state index in [1.807, 2.05) is 0 Å². The number of halogens is 3. The minimum Gasteiger partial charge on any atom is -0.469 e. The first-order chi connectivity index (χ1) is 7.47. The first kappa shape index (κ1) is 15.8. The van der Waals surface area contributed by atoms with Gasteiger partial charge in [0, 0.05) is 11.6 Å². The van der Waals surface area contributed by atoms with Gasteiger partial charge in [0.25, 0.3) is 0 Å². The summed E-state index contributed by atoms with van der Waals surface area (Å²) in [6.45, 7) is 1.45. The van der Waals surface area contributed by atoms with Gasteiger partial charge in [-0.2, -0.15) is 0 Å². The van der Waals surface area contributed by atoms with E-state index < -0.39 is 23.6 Å². The van der Waals surface area contributed by atoms with Gasteiger partial charge in [-0.05, 0) is 12.5 Å². The first-order valence-electron chi connectivity index (χ1n) is 4.74. The molecule has 0 aliphatic heterocycles. The number of esters is 1. The largest absolute Gasteiger partial charge is 0.469 e. The summed E-state index contributed by atoms with van der Waals surface area (Å²) in [6, 6.07) is 1.90. The van der Waals surface area contributed by atoms with E-state index in [1.165, 1.54) is 26.2 Å². The number of carbonyl (C=O) groups excluding carboxylic acids is 1. The van der Waals surface area contributed by atoms with E-state index in [2.05, 4.69) is 4.74 Å². The summed E-state index contributed by atoms with van der Waals surface area (Å²) in [5.74, 6) is -2.50. The van der Waals surface area contributed by atoms with Crippen LogP contribution in [-0.4, -0.2) is 13.1 Å². The molecular weight excluding hydrogens is 252 g/mol. The fraction of sp³-hybridized carbons (Fsp3) is 0.364. The molecule has 1 aromatic carbocycles. The molecule has 0 aromatic heterocycles. The maximum absolute atomic E-state index is 13.5. The molecule has 1 rings (SSSR count). The lowest BCUT2D eigenvalue weighted by Gasteiger charge is -2.12. The van der Waals surface area contributed by atoms with E-state index in [-0.39, 0.29) is 30.0 Å². The van der Waals surface area contributed by atoms with Crippen LogP contribution in [0.2, 0.25) is 0 Å². The quantitative estimate of drug-likeness (QED) is 0.853. The Morgan fingerprint density at radius 3 is 2.53 bits per heavy atom. The highest BCUT2D eigenvalue weighted by Crippen LogP contribution is 2.22. The molecule has 0 radical (unpaired) electrons. The van der Waals surface area contributed by atoms with E-state index in [0.717, 1.165) is 0 Å². The Kier molecular flexibility index (Phi) is 6.05. The zero-order valence-corrected chi connectivity index (χ0v) is 10.3. The molecule has 0 aliphatic carbocycles. The number of benzene rings is 1. The number of carbonyl (C=O) groups is 1. The topological polar surface area (TPSA) is 52.3 Å². The summed E-state index contributed by atoms with van der Waals surface area (Å²) < 4.78 is 31.1. The second kappa shape index (κ2) is 6.51. The van der Waals surface area contributed by atoms with Crippen molar-refractivity contribution < 1.29 is 18.3 Å². The molecule has 0 aliphatic rings. The predicted molar refractivity (Wildman–Crippen MR) is 61.9 cm³/mol. The summed E-state index contributed by atoms with van der Waals surface area (Å²) >= 11 is 0. The Hall–Kier alpha value is -1.20. The second-order valence-corrected chi connectivity index (χ2v) is 3.49. The molecular formula is C11H14ClF2NO2. The van der Waals surface area contributed by atoms with Gasteiger partial charge in [0.05, 0.1) is 13.5 Å². The van der Waals surface area contributed by atoms with Gasteiger partial charge in [0.1, 0.15) is 0 Å². The lowest BCUT2D eigenvalue weighted by atomic mass is 10.0. The van der Waals surface area contributed by atoms with Gasteiger partial charge >= 0.3 is 5.97 Å². The Labute approximate surface area is 104 Å². The van der Waals surface area contributed by atoms with Gasteiger partial charge in [-0.3, -0.25) is 4.79 Å². The number of nitrogens with two attached hydrogens (primary N) is 1. The van der Waals surface area contributed by atoms with Gasteiger partial charge < -0.3 is 10.5 Å². The van der Waals surface area contributed by atoms with Crippen molar-refractivity contribution in [3.63, 3.8) is 0 Å². The standard InChI is InChI=1S/C11H13F2NO2.ClH/c1-6-3-4-7(11(13)10(6)12)8(14)5-9(15)16-2;/h3-4,8H,5,14H2,1-2H3;1H/t8-;/m1./s1. The molecule has 0 saturated carbocycles. The number of methoxy groups -OCH3 is 1. The molecule has 0 unspecified atom stereocenters. The lowest BCUT2D eigenvalue weighted by molar-refractivity contribution is -0.141. The number of rotatable bonds is 3. The Balaban J connectivity index is 0.00000256. The van der Waals surface area contributed by atoms with Crippen LogP contribution in [0.1, 0.15) is 23.6 Å². The maximum Gasteiger partial charge on any atom is 0.307 e. The average Bonchev–Trinajstić information content (AvgIpc) is 2.25. The highest BCUT2D eigenvalue weighted by molar-refractivity contribution is 5.85. The molecule has 3 nitrogen and oxygen atoms in total. The van der Waals surface area contributed by atoms with Crippen molar-refractivity contribution in [1.82, 2.24) is 0 Å². The van der Waals surface area contributed by atoms with E-state index in [0.29, 0.717) is 0 Å². The van der Waals surface area contributed by atoms with E-state index in [4.69, 9.17) is 5.73 Å². The molecule has 1 aromatic rings. The molecule has 1 atom stereocenters. The first-order valence-corrected chi connectivity index (χ1v) is 4.74. The minimum atomic E-state index is -1.00. The fourth-order valence-electron chi connectivity index (χ4n) is 1.32. The Morgan fingerprint density at radius 1 is 1.41 bits per heavy atom. The van der Waals surface area contributed by atoms with Crippen LogP contribution < -0.4 is 5.73 Å². The zero-order valence-electron chi connectivity index (χ0n) is 9.50. The number of hydrogen-bond donors (Lipinski definition) is 1. The summed E-state index contributed by atoms with van der Waals surface area (Å²) in [7, 11) is 1.21. The third-order valence-corrected chi connectivity index (χ3v) is 2.32. The monoisotopic (exact) mass is 265 g/mol. The van der Waals surface area contributed by atoms with E-state index in [1.54, 1.807) is 0 Å². The van der Waals surface area contributed by atoms with Crippen LogP contribution in [0.4, 0.5) is 8.78 Å². The van der Waals surface area contributed by atoms with Crippen molar-refractivity contribution in [3.8, 4) is 0 Å². The smallest absolute Gasteiger partial charge is 0.307 e. The van der Waals surface area contributed by atoms with Gasteiger partial charge in [-0.15, -0.1) is 12.4 Å². The number of hydrogen-bond acceptors (Lipinski definition) is 3. The average molecular weight is 266 g/mol. The lowest BCUT2D eigenvalue weighted by Crippen LogP contribution is -2.18. The Bertz CT molecular complexity index is 413. The van der Waals surface area contributed by atoms with Crippen LogP contribution in [0.5, 0.6) is 0 Å². The molecule has 0 bridgehead atoms. The highest BCUT2D eigenvalue weighted by Gasteiger charge is 2.19. The molecule has 0 saturated heterocycles. The summed E-state index contributed by atoms with van der Waals surface area (Å²) in [6.07, 6.45) is -0.185. The van der Waals surface area contributed by atoms with Gasteiger partial charge in [0.15, 0.2) is 11.6 Å². The molecule has 6 heteroatoms. The van der Waals surface area contributed by atoms with Gasteiger partial charge in [0.2, 0.25) is 0 Å². The summed E-state index contributed by atoms with van der Waals surface area (Å²) in [5, 5.41) is 0. The van der Waals surface area contributed by atoms with E-state index >= 15 is 0 Å². The maximum atomic E-state index is 13.5. The van der Waals surface area contributed by atoms with Crippen LogP contribution >= 0.6 is 12.4 Å². The normalized spacial score (nSPS) is 11.6. The van der Waals surface area contributed by atoms with Crippen molar-refractivity contribution in [3.05, 3.63) is 34.9 Å². The number of aryl methyl sites for hydroxylation is 1. The molecule has 0 fully saturated rings. The minimum absolute atomic E-state index is 0. The molecule has 0 heterocycles. The third-order valence-electron chi connectivity index (χ3n) is 2.32. The molecule has 0 spiro atoms. The fourth-order valence-corrected chi connectivity index (χ4v) is 1.32. The van der Waals surface area contributed by atoms with Crippen molar-refractivity contribution in [2.24, 2.45) is 5.73 Å². The van der Waals surface area contributed by atoms with Crippen LogP contribution in [-0.2, 0) is 9.53 Å². The Morgan fingerprint density at radius 2 is 2.00 bits per heavy atom. The molecule has 0 amide bonds. The van der Waals surface area contributed by atoms with Crippen molar-refractivity contribution in [2.75, 3.05) is 7.11 Å². The van der Waals surface area contributed by atoms with Crippen LogP contribution in [0, 0.1) is 18.6 Å². The molecule has 2 N–H and O–H groups in total. The molecule has 96 valence electrons. The van der Waals surface area contributed by atoms with Gasteiger partial charge in [-0.25, -0.2) is 8.78 Å². The molecule has 17 heavy (non-hydrogen) atoms. The van der Waals surface area contributed by atoms with Crippen molar-refractivity contribution in [2.45, 2.75) is 19.4 Å². The predicted octanol–water partition coefficient (Wildman–Crippen LogP) is 2.26. The summed E-state index contributed by atoms with van der Waals surface area (Å²) in [4.78, 5) is 10.9. The van der Waals surface area contributed by atoms with Crippen molar-refractivity contribution >= 4 is 18.4 Å².